The SMILES string of the molecule is COC(=O)c1cc(-c2cc(C=O)cc3ccccc23)ccc1F. The molecule has 23 heavy (non-hydrogen) atoms. The minimum Gasteiger partial charge on any atom is -0.465 e. The number of benzene rings is 3. The number of aldehydes is 1. The second kappa shape index (κ2) is 6.01. The highest BCUT2D eigenvalue weighted by molar-refractivity contribution is 6.01. The Balaban J connectivity index is 2.28. The number of methoxy groups -OCH3 is 1. The Labute approximate surface area is 132 Å². The summed E-state index contributed by atoms with van der Waals surface area (Å²) in [5.41, 5.74) is 1.79. The summed E-state index contributed by atoms with van der Waals surface area (Å²) in [6.45, 7) is 0. The third-order valence-electron chi connectivity index (χ3n) is 3.70. The zero-order valence-electron chi connectivity index (χ0n) is 12.4. The lowest BCUT2D eigenvalue weighted by Crippen LogP contribution is -2.04. The van der Waals surface area contributed by atoms with Crippen LogP contribution in [0.2, 0.25) is 0 Å². The molecule has 0 spiro atoms. The summed E-state index contributed by atoms with van der Waals surface area (Å²) in [4.78, 5) is 22.9. The van der Waals surface area contributed by atoms with Gasteiger partial charge >= 0.3 is 5.97 Å². The van der Waals surface area contributed by atoms with Crippen LogP contribution in [0.4, 0.5) is 4.39 Å². The minimum atomic E-state index is -0.736. The lowest BCUT2D eigenvalue weighted by molar-refractivity contribution is 0.0595. The van der Waals surface area contributed by atoms with Gasteiger partial charge in [-0.25, -0.2) is 9.18 Å². The molecule has 0 N–H and O–H groups in total. The highest BCUT2D eigenvalue weighted by Gasteiger charge is 2.15. The largest absolute Gasteiger partial charge is 0.465 e. The van der Waals surface area contributed by atoms with Crippen LogP contribution in [0.1, 0.15) is 20.7 Å². The maximum Gasteiger partial charge on any atom is 0.340 e. The summed E-state index contributed by atoms with van der Waals surface area (Å²) in [6, 6.07) is 15.3. The average molecular weight is 308 g/mol. The molecule has 0 saturated carbocycles. The fraction of sp³-hybridized carbons (Fsp3) is 0.0526. The van der Waals surface area contributed by atoms with E-state index in [1.807, 2.05) is 24.3 Å². The molecule has 0 aliphatic carbocycles. The van der Waals surface area contributed by atoms with E-state index in [4.69, 9.17) is 0 Å². The molecular weight excluding hydrogens is 295 g/mol. The van der Waals surface area contributed by atoms with E-state index < -0.39 is 11.8 Å². The van der Waals surface area contributed by atoms with Crippen molar-refractivity contribution < 1.29 is 18.7 Å². The summed E-state index contributed by atoms with van der Waals surface area (Å²) in [6.07, 6.45) is 0.765. The molecule has 3 nitrogen and oxygen atoms in total. The summed E-state index contributed by atoms with van der Waals surface area (Å²) >= 11 is 0. The van der Waals surface area contributed by atoms with E-state index in [9.17, 15) is 14.0 Å². The smallest absolute Gasteiger partial charge is 0.340 e. The van der Waals surface area contributed by atoms with Crippen LogP contribution in [0.25, 0.3) is 21.9 Å². The molecule has 0 aliphatic rings. The van der Waals surface area contributed by atoms with Crippen LogP contribution in [0.5, 0.6) is 0 Å². The third-order valence-corrected chi connectivity index (χ3v) is 3.70. The number of hydrogen-bond acceptors (Lipinski definition) is 3. The predicted octanol–water partition coefficient (Wildman–Crippen LogP) is 4.25. The van der Waals surface area contributed by atoms with Crippen molar-refractivity contribution in [3.63, 3.8) is 0 Å². The Hall–Kier alpha value is -3.01. The first-order chi connectivity index (χ1) is 11.1. The third kappa shape index (κ3) is 2.71. The molecule has 0 atom stereocenters. The normalized spacial score (nSPS) is 10.5. The number of rotatable bonds is 3. The van der Waals surface area contributed by atoms with Gasteiger partial charge in [-0.15, -0.1) is 0 Å². The van der Waals surface area contributed by atoms with Crippen molar-refractivity contribution in [2.45, 2.75) is 0 Å². The van der Waals surface area contributed by atoms with Gasteiger partial charge in [-0.05, 0) is 46.2 Å². The number of fused-ring (bicyclic) bond motifs is 1. The Morgan fingerprint density at radius 1 is 1.09 bits per heavy atom. The zero-order chi connectivity index (χ0) is 16.4. The van der Waals surface area contributed by atoms with Gasteiger partial charge in [0.2, 0.25) is 0 Å². The second-order valence-corrected chi connectivity index (χ2v) is 5.09. The molecule has 3 aromatic carbocycles. The van der Waals surface area contributed by atoms with Crippen molar-refractivity contribution in [3.05, 3.63) is 71.5 Å². The number of esters is 1. The Bertz CT molecular complexity index is 916. The average Bonchev–Trinajstić information content (AvgIpc) is 2.60. The summed E-state index contributed by atoms with van der Waals surface area (Å²) in [7, 11) is 1.21. The molecule has 3 rings (SSSR count). The van der Waals surface area contributed by atoms with Crippen molar-refractivity contribution in [2.75, 3.05) is 7.11 Å². The van der Waals surface area contributed by atoms with E-state index in [1.165, 1.54) is 19.2 Å². The van der Waals surface area contributed by atoms with Crippen LogP contribution in [-0.2, 0) is 4.74 Å². The molecule has 4 heteroatoms. The van der Waals surface area contributed by atoms with Gasteiger partial charge in [-0.3, -0.25) is 4.79 Å². The fourth-order valence-electron chi connectivity index (χ4n) is 2.60. The predicted molar refractivity (Wildman–Crippen MR) is 86.1 cm³/mol. The maximum absolute atomic E-state index is 13.8. The zero-order valence-corrected chi connectivity index (χ0v) is 12.4. The number of hydrogen-bond donors (Lipinski definition) is 0. The Morgan fingerprint density at radius 3 is 2.61 bits per heavy atom. The van der Waals surface area contributed by atoms with Crippen LogP contribution in [0.15, 0.2) is 54.6 Å². The van der Waals surface area contributed by atoms with Crippen LogP contribution >= 0.6 is 0 Å². The van der Waals surface area contributed by atoms with E-state index in [-0.39, 0.29) is 5.56 Å². The summed E-state index contributed by atoms with van der Waals surface area (Å²) in [5.74, 6) is -1.38. The minimum absolute atomic E-state index is 0.134. The highest BCUT2D eigenvalue weighted by Crippen LogP contribution is 2.31. The molecule has 0 fully saturated rings. The summed E-state index contributed by atoms with van der Waals surface area (Å²) < 4.78 is 18.4. The lowest BCUT2D eigenvalue weighted by Gasteiger charge is -2.10. The molecule has 0 heterocycles. The van der Waals surface area contributed by atoms with Gasteiger partial charge in [-0.2, -0.15) is 0 Å². The van der Waals surface area contributed by atoms with E-state index in [2.05, 4.69) is 4.74 Å². The van der Waals surface area contributed by atoms with Gasteiger partial charge in [0.15, 0.2) is 0 Å². The number of halogens is 1. The van der Waals surface area contributed by atoms with Crippen LogP contribution in [-0.4, -0.2) is 19.4 Å². The molecule has 0 amide bonds. The fourth-order valence-corrected chi connectivity index (χ4v) is 2.60. The van der Waals surface area contributed by atoms with Crippen LogP contribution < -0.4 is 0 Å². The first-order valence-electron chi connectivity index (χ1n) is 7.00. The quantitative estimate of drug-likeness (QED) is 0.537. The molecule has 0 aliphatic heterocycles. The molecule has 114 valence electrons. The number of ether oxygens (including phenoxy) is 1. The van der Waals surface area contributed by atoms with Gasteiger partial charge in [-0.1, -0.05) is 30.3 Å². The topological polar surface area (TPSA) is 43.4 Å². The molecular formula is C19H13FO3. The first kappa shape index (κ1) is 14.9. The van der Waals surface area contributed by atoms with Crippen molar-refractivity contribution in [1.82, 2.24) is 0 Å². The van der Waals surface area contributed by atoms with Crippen molar-refractivity contribution >= 4 is 23.0 Å². The van der Waals surface area contributed by atoms with Gasteiger partial charge in [0, 0.05) is 5.56 Å². The van der Waals surface area contributed by atoms with Crippen molar-refractivity contribution in [2.24, 2.45) is 0 Å². The highest BCUT2D eigenvalue weighted by atomic mass is 19.1. The monoisotopic (exact) mass is 308 g/mol. The molecule has 3 aromatic rings. The van der Waals surface area contributed by atoms with Crippen molar-refractivity contribution in [1.29, 1.82) is 0 Å². The first-order valence-corrected chi connectivity index (χ1v) is 7.00. The molecule has 0 bridgehead atoms. The molecule has 0 aromatic heterocycles. The molecule has 0 unspecified atom stereocenters. The van der Waals surface area contributed by atoms with Crippen molar-refractivity contribution in [3.8, 4) is 11.1 Å². The maximum atomic E-state index is 13.8. The standard InChI is InChI=1S/C19H13FO3/c1-23-19(22)17-10-14(6-7-18(17)20)16-9-12(11-21)8-13-4-2-3-5-15(13)16/h2-11H,1H3. The Morgan fingerprint density at radius 2 is 1.87 bits per heavy atom. The Kier molecular flexibility index (Phi) is 3.89. The number of carbonyl (C=O) groups excluding carboxylic acids is 2. The second-order valence-electron chi connectivity index (χ2n) is 5.09. The molecule has 0 radical (unpaired) electrons. The van der Waals surface area contributed by atoms with Crippen LogP contribution in [0, 0.1) is 5.82 Å². The van der Waals surface area contributed by atoms with E-state index in [1.54, 1.807) is 18.2 Å². The summed E-state index contributed by atoms with van der Waals surface area (Å²) in [5, 5.41) is 1.82. The van der Waals surface area contributed by atoms with E-state index >= 15 is 0 Å². The van der Waals surface area contributed by atoms with Gasteiger partial charge in [0.1, 0.15) is 12.1 Å². The van der Waals surface area contributed by atoms with Gasteiger partial charge in [0.05, 0.1) is 12.7 Å². The number of carbonyl (C=O) groups is 2. The van der Waals surface area contributed by atoms with E-state index in [0.29, 0.717) is 11.1 Å². The van der Waals surface area contributed by atoms with E-state index in [0.717, 1.165) is 22.6 Å². The lowest BCUT2D eigenvalue weighted by atomic mass is 9.95. The van der Waals surface area contributed by atoms with Gasteiger partial charge < -0.3 is 4.74 Å². The van der Waals surface area contributed by atoms with Gasteiger partial charge in [0.25, 0.3) is 0 Å². The molecule has 0 saturated heterocycles. The van der Waals surface area contributed by atoms with Crippen LogP contribution in [0.3, 0.4) is 0 Å².